The number of aromatic nitrogens is 2. The smallest absolute Gasteiger partial charge is 0.246 e. The standard InChI is InChI=1S/C11H20N6O2S/c1-9(11(12)13)16-3-5-17(6-4-16)20(18,19)10-7-14-15(2)8-10/h7-9H,3-6H2,1-2H3,(H3,12,13). The van der Waals surface area contributed by atoms with Crippen molar-refractivity contribution in [3.05, 3.63) is 12.4 Å². The number of nitrogens with zero attached hydrogens (tertiary/aromatic N) is 4. The van der Waals surface area contributed by atoms with Crippen molar-refractivity contribution in [2.24, 2.45) is 12.8 Å². The molecule has 1 atom stereocenters. The van der Waals surface area contributed by atoms with Gasteiger partial charge in [-0.2, -0.15) is 9.40 Å². The van der Waals surface area contributed by atoms with E-state index in [-0.39, 0.29) is 16.8 Å². The topological polar surface area (TPSA) is 108 Å². The molecular formula is C11H20N6O2S. The highest BCUT2D eigenvalue weighted by atomic mass is 32.2. The molecule has 3 N–H and O–H groups in total. The lowest BCUT2D eigenvalue weighted by Gasteiger charge is -2.36. The van der Waals surface area contributed by atoms with Gasteiger partial charge in [-0.05, 0) is 6.92 Å². The summed E-state index contributed by atoms with van der Waals surface area (Å²) in [6.45, 7) is 3.79. The summed E-state index contributed by atoms with van der Waals surface area (Å²) in [5, 5.41) is 11.3. The predicted octanol–water partition coefficient (Wildman–Crippen LogP) is -0.949. The lowest BCUT2D eigenvalue weighted by Crippen LogP contribution is -2.54. The molecule has 1 fully saturated rings. The summed E-state index contributed by atoms with van der Waals surface area (Å²) in [5.41, 5.74) is 5.48. The number of sulfonamides is 1. The first-order valence-electron chi connectivity index (χ1n) is 6.39. The Labute approximate surface area is 118 Å². The maximum Gasteiger partial charge on any atom is 0.246 e. The second-order valence-electron chi connectivity index (χ2n) is 4.92. The SMILES string of the molecule is CC(C(=N)N)N1CCN(S(=O)(=O)c2cnn(C)c2)CC1. The Morgan fingerprint density at radius 1 is 1.40 bits per heavy atom. The van der Waals surface area contributed by atoms with Crippen molar-refractivity contribution in [1.29, 1.82) is 5.41 Å². The molecule has 1 aliphatic rings. The van der Waals surface area contributed by atoms with E-state index in [1.807, 2.05) is 11.8 Å². The van der Waals surface area contributed by atoms with Gasteiger partial charge in [0, 0.05) is 39.4 Å². The van der Waals surface area contributed by atoms with E-state index in [9.17, 15) is 8.42 Å². The highest BCUT2D eigenvalue weighted by Gasteiger charge is 2.31. The number of aryl methyl sites for hydroxylation is 1. The zero-order valence-electron chi connectivity index (χ0n) is 11.7. The maximum atomic E-state index is 12.4. The number of rotatable bonds is 4. The van der Waals surface area contributed by atoms with Crippen LogP contribution in [0.15, 0.2) is 17.3 Å². The van der Waals surface area contributed by atoms with Crippen molar-refractivity contribution < 1.29 is 8.42 Å². The summed E-state index contributed by atoms with van der Waals surface area (Å²) < 4.78 is 27.7. The molecule has 112 valence electrons. The van der Waals surface area contributed by atoms with Crippen molar-refractivity contribution >= 4 is 15.9 Å². The van der Waals surface area contributed by atoms with Gasteiger partial charge in [0.2, 0.25) is 10.0 Å². The summed E-state index contributed by atoms with van der Waals surface area (Å²) in [7, 11) is -1.79. The first-order valence-corrected chi connectivity index (χ1v) is 7.83. The zero-order valence-corrected chi connectivity index (χ0v) is 12.5. The Balaban J connectivity index is 2.05. The minimum Gasteiger partial charge on any atom is -0.386 e. The van der Waals surface area contributed by atoms with Gasteiger partial charge in [-0.25, -0.2) is 8.42 Å². The van der Waals surface area contributed by atoms with Gasteiger partial charge in [-0.3, -0.25) is 15.0 Å². The number of nitrogens with one attached hydrogen (secondary N) is 1. The molecule has 1 aromatic rings. The average molecular weight is 300 g/mol. The molecule has 0 amide bonds. The van der Waals surface area contributed by atoms with Gasteiger partial charge in [0.05, 0.1) is 12.2 Å². The van der Waals surface area contributed by atoms with Crippen LogP contribution in [0, 0.1) is 5.41 Å². The highest BCUT2D eigenvalue weighted by molar-refractivity contribution is 7.89. The van der Waals surface area contributed by atoms with Crippen LogP contribution in [0.2, 0.25) is 0 Å². The van der Waals surface area contributed by atoms with Crippen LogP contribution < -0.4 is 5.73 Å². The number of hydrogen-bond acceptors (Lipinski definition) is 5. The zero-order chi connectivity index (χ0) is 14.9. The van der Waals surface area contributed by atoms with Crippen molar-refractivity contribution in [1.82, 2.24) is 19.0 Å². The van der Waals surface area contributed by atoms with Crippen LogP contribution in [0.25, 0.3) is 0 Å². The van der Waals surface area contributed by atoms with Crippen LogP contribution in [0.4, 0.5) is 0 Å². The summed E-state index contributed by atoms with van der Waals surface area (Å²) in [6.07, 6.45) is 2.86. The van der Waals surface area contributed by atoms with E-state index in [1.54, 1.807) is 7.05 Å². The van der Waals surface area contributed by atoms with E-state index < -0.39 is 10.0 Å². The van der Waals surface area contributed by atoms with Crippen molar-refractivity contribution in [2.45, 2.75) is 17.9 Å². The molecular weight excluding hydrogens is 280 g/mol. The molecule has 1 saturated heterocycles. The number of hydrogen-bond donors (Lipinski definition) is 2. The predicted molar refractivity (Wildman–Crippen MR) is 74.9 cm³/mol. The van der Waals surface area contributed by atoms with Crippen LogP contribution in [0.5, 0.6) is 0 Å². The molecule has 2 rings (SSSR count). The summed E-state index contributed by atoms with van der Waals surface area (Å²) in [4.78, 5) is 2.23. The van der Waals surface area contributed by atoms with Gasteiger partial charge in [-0.1, -0.05) is 0 Å². The third-order valence-corrected chi connectivity index (χ3v) is 5.44. The van der Waals surface area contributed by atoms with Gasteiger partial charge in [0.15, 0.2) is 0 Å². The van der Waals surface area contributed by atoms with E-state index >= 15 is 0 Å². The number of nitrogens with two attached hydrogens (primary N) is 1. The Morgan fingerprint density at radius 3 is 2.45 bits per heavy atom. The molecule has 0 bridgehead atoms. The van der Waals surface area contributed by atoms with Gasteiger partial charge in [0.25, 0.3) is 0 Å². The van der Waals surface area contributed by atoms with E-state index in [0.717, 1.165) is 0 Å². The molecule has 0 saturated carbocycles. The van der Waals surface area contributed by atoms with E-state index in [2.05, 4.69) is 5.10 Å². The fourth-order valence-electron chi connectivity index (χ4n) is 2.21. The first kappa shape index (κ1) is 14.9. The quantitative estimate of drug-likeness (QED) is 0.550. The van der Waals surface area contributed by atoms with Crippen molar-refractivity contribution in [3.8, 4) is 0 Å². The minimum absolute atomic E-state index is 0.105. The van der Waals surface area contributed by atoms with Crippen molar-refractivity contribution in [2.75, 3.05) is 26.2 Å². The van der Waals surface area contributed by atoms with Gasteiger partial charge < -0.3 is 5.73 Å². The average Bonchev–Trinajstić information content (AvgIpc) is 2.85. The largest absolute Gasteiger partial charge is 0.386 e. The summed E-state index contributed by atoms with van der Waals surface area (Å²) in [6, 6.07) is -0.154. The van der Waals surface area contributed by atoms with Gasteiger partial charge >= 0.3 is 0 Å². The molecule has 9 heteroatoms. The van der Waals surface area contributed by atoms with Crippen molar-refractivity contribution in [3.63, 3.8) is 0 Å². The number of piperazine rings is 1. The van der Waals surface area contributed by atoms with Crippen LogP contribution in [-0.4, -0.2) is 65.5 Å². The summed E-state index contributed by atoms with van der Waals surface area (Å²) in [5.74, 6) is 0.105. The third-order valence-electron chi connectivity index (χ3n) is 3.59. The Kier molecular flexibility index (Phi) is 4.11. The maximum absolute atomic E-state index is 12.4. The molecule has 0 radical (unpaired) electrons. The second-order valence-corrected chi connectivity index (χ2v) is 6.86. The monoisotopic (exact) mass is 300 g/mol. The van der Waals surface area contributed by atoms with Crippen LogP contribution in [-0.2, 0) is 17.1 Å². The van der Waals surface area contributed by atoms with Gasteiger partial charge in [-0.15, -0.1) is 0 Å². The molecule has 1 aromatic heterocycles. The molecule has 20 heavy (non-hydrogen) atoms. The first-order chi connectivity index (χ1) is 9.32. The third kappa shape index (κ3) is 2.84. The number of amidine groups is 1. The van der Waals surface area contributed by atoms with Gasteiger partial charge in [0.1, 0.15) is 10.7 Å². The molecule has 1 unspecified atom stereocenters. The molecule has 2 heterocycles. The fraction of sp³-hybridized carbons (Fsp3) is 0.636. The lowest BCUT2D eigenvalue weighted by molar-refractivity contribution is 0.173. The molecule has 0 spiro atoms. The Morgan fingerprint density at radius 2 is 2.00 bits per heavy atom. The normalized spacial score (nSPS) is 19.9. The highest BCUT2D eigenvalue weighted by Crippen LogP contribution is 2.17. The molecule has 1 aliphatic heterocycles. The fourth-order valence-corrected chi connectivity index (χ4v) is 3.62. The van der Waals surface area contributed by atoms with E-state index in [4.69, 9.17) is 11.1 Å². The van der Waals surface area contributed by atoms with E-state index in [1.165, 1.54) is 21.4 Å². The van der Waals surface area contributed by atoms with Crippen LogP contribution in [0.3, 0.4) is 0 Å². The van der Waals surface area contributed by atoms with E-state index in [0.29, 0.717) is 26.2 Å². The minimum atomic E-state index is -3.47. The Hall–Kier alpha value is -1.45. The van der Waals surface area contributed by atoms with Crippen LogP contribution >= 0.6 is 0 Å². The molecule has 8 nitrogen and oxygen atoms in total. The lowest BCUT2D eigenvalue weighted by atomic mass is 10.2. The van der Waals surface area contributed by atoms with Crippen LogP contribution in [0.1, 0.15) is 6.92 Å². The molecule has 0 aromatic carbocycles. The molecule has 0 aliphatic carbocycles. The Bertz CT molecular complexity index is 588. The summed E-state index contributed by atoms with van der Waals surface area (Å²) >= 11 is 0. The second kappa shape index (κ2) is 5.51.